The normalized spacial score (nSPS) is 15.2. The number of carboxylic acids is 10. The van der Waals surface area contributed by atoms with Gasteiger partial charge in [0.1, 0.15) is 61.0 Å². The first-order chi connectivity index (χ1) is 22.3. The van der Waals surface area contributed by atoms with Crippen LogP contribution in [0, 0.1) is 0 Å². The smallest absolute Gasteiger partial charge is 0.547 e. The fraction of sp³-hybridized carbons (Fsp3) is 0.500. The molecule has 290 valence electrons. The second kappa shape index (κ2) is 31.5. The summed E-state index contributed by atoms with van der Waals surface area (Å²) in [5, 5.41) is 179. The third-order valence-corrected chi connectivity index (χ3v) is 3.91. The standard InChI is InChI=1S/5C4H6O6.2Ta/c5*5-1(3(7)8)2(6)4(9)10;;/h5*1-2,5-6H,(H,7,8)(H,9,10);;/q;;;;;2*+5/p-10. The zero-order chi connectivity index (χ0) is 41.5. The average Bonchev–Trinajstić information content (AvgIpc) is 3.01. The molecule has 0 bridgehead atoms. The summed E-state index contributed by atoms with van der Waals surface area (Å²) in [6, 6.07) is 0. The Morgan fingerprint density at radius 1 is 0.212 bits per heavy atom. The van der Waals surface area contributed by atoms with Crippen LogP contribution in [-0.2, 0) is 92.7 Å². The topological polar surface area (TPSA) is 604 Å². The first-order valence-corrected chi connectivity index (χ1v) is 11.2. The zero-order valence-corrected chi connectivity index (χ0v) is 30.7. The van der Waals surface area contributed by atoms with Crippen LogP contribution >= 0.6 is 0 Å². The van der Waals surface area contributed by atoms with E-state index in [1.165, 1.54) is 0 Å². The van der Waals surface area contributed by atoms with Gasteiger partial charge in [-0.05, 0) is 0 Å². The Hall–Kier alpha value is -4.22. The van der Waals surface area contributed by atoms with Gasteiger partial charge in [-0.3, -0.25) is 0 Å². The molecule has 0 aromatic heterocycles. The predicted octanol–water partition coefficient (Wildman–Crippen LogP) is -24.0. The van der Waals surface area contributed by atoms with Crippen LogP contribution < -0.4 is 51.1 Å². The molecule has 0 heterocycles. The molecule has 0 fully saturated rings. The van der Waals surface area contributed by atoms with Crippen LogP contribution in [0.15, 0.2) is 0 Å². The number of hydrogen-bond donors (Lipinski definition) is 10. The molecule has 0 aliphatic heterocycles. The molecule has 0 aliphatic rings. The van der Waals surface area contributed by atoms with Crippen molar-refractivity contribution in [2.75, 3.05) is 0 Å². The van der Waals surface area contributed by atoms with E-state index in [0.29, 0.717) is 0 Å². The molecule has 10 N–H and O–H groups in total. The van der Waals surface area contributed by atoms with Crippen molar-refractivity contribution in [2.24, 2.45) is 0 Å². The van der Waals surface area contributed by atoms with Crippen LogP contribution in [0.25, 0.3) is 0 Å². The maximum atomic E-state index is 9.63. The van der Waals surface area contributed by atoms with E-state index in [0.717, 1.165) is 0 Å². The number of carbonyl (C=O) groups is 10. The van der Waals surface area contributed by atoms with Gasteiger partial charge in [0.15, 0.2) is 0 Å². The Balaban J connectivity index is -0.0000000964. The molecule has 0 aromatic rings. The van der Waals surface area contributed by atoms with Crippen molar-refractivity contribution >= 4 is 59.7 Å². The van der Waals surface area contributed by atoms with Gasteiger partial charge in [-0.25, -0.2) is 0 Å². The number of aliphatic hydroxyl groups is 10. The maximum Gasteiger partial charge on any atom is 5.00 e. The van der Waals surface area contributed by atoms with E-state index >= 15 is 0 Å². The molecule has 0 aliphatic carbocycles. The van der Waals surface area contributed by atoms with E-state index in [2.05, 4.69) is 0 Å². The van der Waals surface area contributed by atoms with Gasteiger partial charge in [-0.15, -0.1) is 0 Å². The second-order valence-corrected chi connectivity index (χ2v) is 7.64. The first-order valence-electron chi connectivity index (χ1n) is 11.2. The Morgan fingerprint density at radius 3 is 0.269 bits per heavy atom. The molecule has 0 saturated carbocycles. The van der Waals surface area contributed by atoms with Crippen molar-refractivity contribution in [3.63, 3.8) is 0 Å². The van der Waals surface area contributed by atoms with E-state index in [4.69, 9.17) is 51.1 Å². The monoisotopic (exact) mass is 1100 g/mol. The molecule has 10 atom stereocenters. The van der Waals surface area contributed by atoms with Gasteiger partial charge >= 0.3 is 44.8 Å². The fourth-order valence-electron chi connectivity index (χ4n) is 1.29. The van der Waals surface area contributed by atoms with Crippen molar-refractivity contribution in [1.82, 2.24) is 0 Å². The molecule has 10 unspecified atom stereocenters. The van der Waals surface area contributed by atoms with Crippen LogP contribution in [0.3, 0.4) is 0 Å². The van der Waals surface area contributed by atoms with Gasteiger partial charge in [0.05, 0.1) is 59.7 Å². The maximum absolute atomic E-state index is 9.63. The van der Waals surface area contributed by atoms with Crippen molar-refractivity contribution in [3.05, 3.63) is 0 Å². The predicted molar refractivity (Wildman–Crippen MR) is 110 cm³/mol. The minimum absolute atomic E-state index is 0. The van der Waals surface area contributed by atoms with Crippen molar-refractivity contribution < 1.29 is 195 Å². The molecular weight excluding hydrogens is 1080 g/mol. The van der Waals surface area contributed by atoms with Crippen LogP contribution in [0.1, 0.15) is 0 Å². The van der Waals surface area contributed by atoms with Gasteiger partial charge in [-0.2, -0.15) is 0 Å². The number of carbonyl (C=O) groups excluding carboxylic acids is 10. The number of hydrogen-bond acceptors (Lipinski definition) is 30. The molecule has 0 amide bonds. The van der Waals surface area contributed by atoms with Crippen molar-refractivity contribution in [1.29, 1.82) is 0 Å². The van der Waals surface area contributed by atoms with Gasteiger partial charge in [0, 0.05) is 0 Å². The molecule has 0 aromatic carbocycles. The van der Waals surface area contributed by atoms with Crippen LogP contribution in [0.2, 0.25) is 0 Å². The number of carboxylic acid groups (broad SMARTS) is 10. The fourth-order valence-corrected chi connectivity index (χ4v) is 1.29. The van der Waals surface area contributed by atoms with Gasteiger partial charge in [0.25, 0.3) is 0 Å². The molecular formula is C20H20O30Ta2. The number of rotatable bonds is 15. The third-order valence-electron chi connectivity index (χ3n) is 3.91. The third kappa shape index (κ3) is 29.5. The van der Waals surface area contributed by atoms with Gasteiger partial charge in [0.2, 0.25) is 0 Å². The van der Waals surface area contributed by atoms with Crippen LogP contribution in [0.5, 0.6) is 0 Å². The molecule has 0 rings (SSSR count). The molecule has 0 radical (unpaired) electrons. The summed E-state index contributed by atoms with van der Waals surface area (Å²) in [5.41, 5.74) is 0. The average molecular weight is 1100 g/mol. The SMILES string of the molecule is O=C([O-])C(O)C(O)C(=O)[O-].O=C([O-])C(O)C(O)C(=O)[O-].O=C([O-])C(O)C(O)C(=O)[O-].O=C([O-])C(O)C(O)C(=O)[O-].O=C([O-])C(O)C(O)C(=O)[O-].[Ta+5].[Ta+5]. The van der Waals surface area contributed by atoms with Crippen LogP contribution in [-0.4, -0.2) is 172 Å². The number of aliphatic hydroxyl groups excluding tert-OH is 10. The largest absolute Gasteiger partial charge is 5.00 e. The quantitative estimate of drug-likeness (QED) is 0.0728. The minimum Gasteiger partial charge on any atom is -0.547 e. The molecule has 0 saturated heterocycles. The van der Waals surface area contributed by atoms with Crippen molar-refractivity contribution in [2.45, 2.75) is 61.0 Å². The molecule has 52 heavy (non-hydrogen) atoms. The molecule has 0 spiro atoms. The van der Waals surface area contributed by atoms with E-state index in [1.807, 2.05) is 0 Å². The molecule has 30 nitrogen and oxygen atoms in total. The first kappa shape index (κ1) is 62.9. The summed E-state index contributed by atoms with van der Waals surface area (Å²) < 4.78 is 0. The Labute approximate surface area is 314 Å². The van der Waals surface area contributed by atoms with E-state index in [9.17, 15) is 99.0 Å². The number of aliphatic carboxylic acids is 10. The Morgan fingerprint density at radius 2 is 0.250 bits per heavy atom. The van der Waals surface area contributed by atoms with Crippen LogP contribution in [0.4, 0.5) is 0 Å². The minimum atomic E-state index is -2.44. The van der Waals surface area contributed by atoms with E-state index < -0.39 is 121 Å². The second-order valence-electron chi connectivity index (χ2n) is 7.64. The zero-order valence-electron chi connectivity index (χ0n) is 24.3. The van der Waals surface area contributed by atoms with E-state index in [-0.39, 0.29) is 44.8 Å². The summed E-state index contributed by atoms with van der Waals surface area (Å²) in [6.45, 7) is 0. The Bertz CT molecular complexity index is 890. The van der Waals surface area contributed by atoms with E-state index in [1.54, 1.807) is 0 Å². The van der Waals surface area contributed by atoms with Gasteiger partial charge < -0.3 is 150 Å². The van der Waals surface area contributed by atoms with Gasteiger partial charge in [-0.1, -0.05) is 0 Å². The summed E-state index contributed by atoms with van der Waals surface area (Å²) in [6.07, 6.45) is -24.4. The van der Waals surface area contributed by atoms with Crippen molar-refractivity contribution in [3.8, 4) is 0 Å². The Kier molecular flexibility index (Phi) is 38.1. The summed E-state index contributed by atoms with van der Waals surface area (Å²) >= 11 is 0. The summed E-state index contributed by atoms with van der Waals surface area (Å²) in [7, 11) is 0. The summed E-state index contributed by atoms with van der Waals surface area (Å²) in [4.78, 5) is 96.3. The summed E-state index contributed by atoms with van der Waals surface area (Å²) in [5.74, 6) is -20.6. The molecule has 32 heteroatoms.